The van der Waals surface area contributed by atoms with Gasteiger partial charge in [0, 0.05) is 19.8 Å². The Balaban J connectivity index is 1.35. The van der Waals surface area contributed by atoms with Crippen molar-refractivity contribution in [2.45, 2.75) is 168 Å². The number of aliphatic hydroxyl groups is 11. The molecule has 5 aliphatic heterocycles. The van der Waals surface area contributed by atoms with Gasteiger partial charge in [-0.1, -0.05) is 0 Å². The highest BCUT2D eigenvalue weighted by Crippen LogP contribution is 2.44. The number of rotatable bonds is 13. The van der Waals surface area contributed by atoms with Crippen LogP contribution in [0.5, 0.6) is 0 Å². The summed E-state index contributed by atoms with van der Waals surface area (Å²) in [5.74, 6) is -6.45. The molecule has 322 valence electrons. The van der Waals surface area contributed by atoms with Gasteiger partial charge >= 0.3 is 5.97 Å². The number of hydrogen-bond donors (Lipinski definition) is 13. The summed E-state index contributed by atoms with van der Waals surface area (Å²) in [6.07, 6.45) is -28.1. The van der Waals surface area contributed by atoms with Gasteiger partial charge in [0.05, 0.1) is 55.8 Å². The molecule has 2 amide bonds. The van der Waals surface area contributed by atoms with Gasteiger partial charge in [-0.3, -0.25) is 9.59 Å². The Hall–Kier alpha value is -2.27. The number of carboxylic acids is 1. The summed E-state index contributed by atoms with van der Waals surface area (Å²) in [6, 6.07) is -2.29. The van der Waals surface area contributed by atoms with Crippen LogP contribution < -0.4 is 5.32 Å². The van der Waals surface area contributed by atoms with Crippen molar-refractivity contribution in [3.05, 3.63) is 0 Å². The molecule has 0 aromatic rings. The van der Waals surface area contributed by atoms with Crippen molar-refractivity contribution in [1.29, 1.82) is 0 Å². The maximum absolute atomic E-state index is 14.1. The van der Waals surface area contributed by atoms with Gasteiger partial charge in [-0.25, -0.2) is 4.79 Å². The Morgan fingerprint density at radius 3 is 2.27 bits per heavy atom. The van der Waals surface area contributed by atoms with Crippen LogP contribution in [-0.2, 0) is 42.8 Å². The molecule has 5 heterocycles. The highest BCUT2D eigenvalue weighted by Gasteiger charge is 2.61. The third-order valence-corrected chi connectivity index (χ3v) is 11.5. The lowest BCUT2D eigenvalue weighted by molar-refractivity contribution is -0.372. The first-order valence-corrected chi connectivity index (χ1v) is 18.3. The van der Waals surface area contributed by atoms with Gasteiger partial charge < -0.3 is 99.9 Å². The van der Waals surface area contributed by atoms with Crippen molar-refractivity contribution < 1.29 is 104 Å². The minimum absolute atomic E-state index is 0.244. The standard InChI is InChI=1S/C33H54N2O21/c1-11-20(42)23(45)24(46)29(52-11)51-10-13-4-5-32(3)18(41)6-16(28(48)35(13)32)53-30-25(47)27(22(44)17(9-37)54-30)56-33(31(49)50)7-14(39)19(34-12(2)38)26(55-33)21(43)15(40)8-36/h11,13-27,29-30,36-37,39-47H,4-10H2,1-3H3,(H,34,38)(H,49,50)/t11-,13-,14-,15+,16-,17-,18-,19+,20+,21+,22-,23+,24-,25+,26?,27-,29+,30+,32-,33-/m0/s1. The van der Waals surface area contributed by atoms with Crippen molar-refractivity contribution in [3.63, 3.8) is 0 Å². The van der Waals surface area contributed by atoms with Crippen LogP contribution in [0.15, 0.2) is 0 Å². The average molecular weight is 815 g/mol. The fraction of sp³-hybridized carbons (Fsp3) is 0.909. The summed E-state index contributed by atoms with van der Waals surface area (Å²) in [7, 11) is 0. The van der Waals surface area contributed by atoms with Crippen LogP contribution in [0.2, 0.25) is 0 Å². The number of carbonyl (C=O) groups is 3. The molecule has 0 aromatic heterocycles. The predicted molar refractivity (Wildman–Crippen MR) is 177 cm³/mol. The molecule has 5 saturated heterocycles. The number of carbonyl (C=O) groups excluding carboxylic acids is 2. The van der Waals surface area contributed by atoms with Gasteiger partial charge in [0.2, 0.25) is 5.91 Å². The SMILES string of the molecule is CC(=O)N[C@H]1C([C@H](O)[C@H](O)CO)O[C@@](O[C@H]2[C@@H](O)[C@H](CO)O[C@@H](O[C@H]3C[C@H](O)[C@]4(C)CC[C@@H](CO[C@@H]5O[C@@H](C)[C@@H](O)[C@@H](O)[C@@H]5O)N4C3=O)[C@@H]2O)(C(=O)O)C[C@@H]1O. The van der Waals surface area contributed by atoms with Crippen LogP contribution in [-0.4, -0.2) is 225 Å². The number of hydrogen-bond acceptors (Lipinski definition) is 20. The first-order valence-electron chi connectivity index (χ1n) is 18.3. The van der Waals surface area contributed by atoms with E-state index >= 15 is 0 Å². The van der Waals surface area contributed by atoms with Gasteiger partial charge in [0.15, 0.2) is 12.6 Å². The summed E-state index contributed by atoms with van der Waals surface area (Å²) < 4.78 is 34.0. The zero-order chi connectivity index (χ0) is 41.6. The normalized spacial score (nSPS) is 46.9. The Bertz CT molecular complexity index is 1400. The largest absolute Gasteiger partial charge is 0.477 e. The predicted octanol–water partition coefficient (Wildman–Crippen LogP) is -7.30. The lowest BCUT2D eigenvalue weighted by atomic mass is 9.84. The van der Waals surface area contributed by atoms with E-state index in [9.17, 15) is 75.7 Å². The quantitative estimate of drug-likeness (QED) is 0.0821. The number of nitrogens with one attached hydrogen (secondary N) is 1. The number of aliphatic carboxylic acids is 1. The molecule has 5 rings (SSSR count). The number of aliphatic hydroxyl groups excluding tert-OH is 11. The zero-order valence-electron chi connectivity index (χ0n) is 30.8. The van der Waals surface area contributed by atoms with Gasteiger partial charge in [-0.05, 0) is 26.7 Å². The van der Waals surface area contributed by atoms with E-state index in [-0.39, 0.29) is 13.0 Å². The number of fused-ring (bicyclic) bond motifs is 1. The van der Waals surface area contributed by atoms with Crippen molar-refractivity contribution in [1.82, 2.24) is 10.2 Å². The molecule has 20 atom stereocenters. The number of ether oxygens (including phenoxy) is 6. The van der Waals surface area contributed by atoms with Crippen LogP contribution >= 0.6 is 0 Å². The maximum Gasteiger partial charge on any atom is 0.364 e. The van der Waals surface area contributed by atoms with Gasteiger partial charge in [0.25, 0.3) is 11.7 Å². The first kappa shape index (κ1) is 44.8. The molecule has 0 spiro atoms. The Labute approximate surface area is 319 Å². The van der Waals surface area contributed by atoms with Crippen LogP contribution in [0, 0.1) is 0 Å². The fourth-order valence-electron chi connectivity index (χ4n) is 8.16. The van der Waals surface area contributed by atoms with Crippen molar-refractivity contribution in [2.24, 2.45) is 0 Å². The van der Waals surface area contributed by atoms with E-state index in [1.807, 2.05) is 0 Å². The smallest absolute Gasteiger partial charge is 0.364 e. The van der Waals surface area contributed by atoms with E-state index in [0.29, 0.717) is 12.8 Å². The summed E-state index contributed by atoms with van der Waals surface area (Å²) in [6.45, 7) is 1.89. The summed E-state index contributed by atoms with van der Waals surface area (Å²) in [5.41, 5.74) is -1.13. The van der Waals surface area contributed by atoms with E-state index in [1.54, 1.807) is 6.92 Å². The van der Waals surface area contributed by atoms with E-state index < -0.39 is 159 Å². The second kappa shape index (κ2) is 17.5. The molecule has 5 aliphatic rings. The molecule has 0 bridgehead atoms. The number of piperidine rings is 1. The van der Waals surface area contributed by atoms with E-state index in [1.165, 1.54) is 11.8 Å². The highest BCUT2D eigenvalue weighted by atomic mass is 16.8. The van der Waals surface area contributed by atoms with Gasteiger partial charge in [-0.2, -0.15) is 0 Å². The number of carboxylic acid groups (broad SMARTS) is 1. The lowest BCUT2D eigenvalue weighted by Gasteiger charge is -2.51. The third kappa shape index (κ3) is 8.42. The molecule has 1 unspecified atom stereocenters. The van der Waals surface area contributed by atoms with Gasteiger partial charge in [-0.15, -0.1) is 0 Å². The van der Waals surface area contributed by atoms with Crippen molar-refractivity contribution >= 4 is 17.8 Å². The average Bonchev–Trinajstić information content (AvgIpc) is 3.50. The van der Waals surface area contributed by atoms with Crippen LogP contribution in [0.4, 0.5) is 0 Å². The minimum Gasteiger partial charge on any atom is -0.477 e. The second-order valence-electron chi connectivity index (χ2n) is 15.3. The third-order valence-electron chi connectivity index (χ3n) is 11.5. The molecular weight excluding hydrogens is 760 g/mol. The number of nitrogens with zero attached hydrogens (tertiary/aromatic N) is 1. The summed E-state index contributed by atoms with van der Waals surface area (Å²) in [5, 5.41) is 129. The molecule has 0 saturated carbocycles. The Morgan fingerprint density at radius 2 is 1.66 bits per heavy atom. The van der Waals surface area contributed by atoms with Crippen molar-refractivity contribution in [3.8, 4) is 0 Å². The molecule has 23 nitrogen and oxygen atoms in total. The summed E-state index contributed by atoms with van der Waals surface area (Å²) >= 11 is 0. The molecule has 0 aliphatic carbocycles. The minimum atomic E-state index is -3.04. The molecule has 56 heavy (non-hydrogen) atoms. The molecule has 23 heteroatoms. The molecular formula is C33H54N2O21. The van der Waals surface area contributed by atoms with Crippen LogP contribution in [0.25, 0.3) is 0 Å². The van der Waals surface area contributed by atoms with E-state index in [2.05, 4.69) is 5.32 Å². The van der Waals surface area contributed by atoms with E-state index in [4.69, 9.17) is 28.4 Å². The highest BCUT2D eigenvalue weighted by molar-refractivity contribution is 5.84. The fourth-order valence-corrected chi connectivity index (χ4v) is 8.16. The lowest BCUT2D eigenvalue weighted by Crippen LogP contribution is -2.70. The Kier molecular flexibility index (Phi) is 14.0. The van der Waals surface area contributed by atoms with Crippen molar-refractivity contribution in [2.75, 3.05) is 19.8 Å². The van der Waals surface area contributed by atoms with Gasteiger partial charge in [0.1, 0.15) is 67.1 Å². The molecule has 0 radical (unpaired) electrons. The zero-order valence-corrected chi connectivity index (χ0v) is 30.8. The van der Waals surface area contributed by atoms with Crippen LogP contribution in [0.1, 0.15) is 46.5 Å². The molecule has 0 aromatic carbocycles. The maximum atomic E-state index is 14.1. The molecule has 13 N–H and O–H groups in total. The summed E-state index contributed by atoms with van der Waals surface area (Å²) in [4.78, 5) is 40.1. The topological polar surface area (TPSA) is 365 Å². The molecule has 5 fully saturated rings. The Morgan fingerprint density at radius 1 is 0.982 bits per heavy atom. The monoisotopic (exact) mass is 814 g/mol. The second-order valence-corrected chi connectivity index (χ2v) is 15.3. The first-order chi connectivity index (χ1) is 26.2. The number of amides is 2. The van der Waals surface area contributed by atoms with E-state index in [0.717, 1.165) is 6.92 Å². The van der Waals surface area contributed by atoms with Crippen LogP contribution in [0.3, 0.4) is 0 Å².